The van der Waals surface area contributed by atoms with Gasteiger partial charge in [-0.3, -0.25) is 9.55 Å². The van der Waals surface area contributed by atoms with Gasteiger partial charge < -0.3 is 29.4 Å². The lowest BCUT2D eigenvalue weighted by atomic mass is 9.82. The summed E-state index contributed by atoms with van der Waals surface area (Å²) >= 11 is 1.28. The molecule has 2 aromatic heterocycles. The van der Waals surface area contributed by atoms with Gasteiger partial charge in [-0.05, 0) is 48.9 Å². The number of hydrogen-bond acceptors (Lipinski definition) is 12. The van der Waals surface area contributed by atoms with Crippen molar-refractivity contribution in [1.29, 1.82) is 5.26 Å². The van der Waals surface area contributed by atoms with Crippen LogP contribution in [-0.4, -0.2) is 59.4 Å². The fourth-order valence-corrected chi connectivity index (χ4v) is 5.84. The summed E-state index contributed by atoms with van der Waals surface area (Å²) in [5.41, 5.74) is 8.56. The third-order valence-corrected chi connectivity index (χ3v) is 7.84. The molecule has 0 bridgehead atoms. The van der Waals surface area contributed by atoms with Crippen LogP contribution in [0, 0.1) is 11.3 Å². The smallest absolute Gasteiger partial charge is 0.338 e. The summed E-state index contributed by atoms with van der Waals surface area (Å²) in [4.78, 5) is 17.8. The number of methoxy groups -OCH3 is 3. The molecule has 230 valence electrons. The number of benzene rings is 2. The molecule has 0 spiro atoms. The number of nitriles is 1. The Morgan fingerprint density at radius 2 is 1.80 bits per heavy atom. The van der Waals surface area contributed by atoms with Crippen LogP contribution in [0.5, 0.6) is 17.2 Å². The Kier molecular flexibility index (Phi) is 9.54. The fourth-order valence-electron chi connectivity index (χ4n) is 4.94. The first kappa shape index (κ1) is 31.0. The molecule has 45 heavy (non-hydrogen) atoms. The van der Waals surface area contributed by atoms with Crippen molar-refractivity contribution in [2.45, 2.75) is 18.0 Å². The van der Waals surface area contributed by atoms with Gasteiger partial charge in [0.2, 0.25) is 11.6 Å². The Labute approximate surface area is 264 Å². The highest BCUT2D eigenvalue weighted by molar-refractivity contribution is 7.99. The van der Waals surface area contributed by atoms with Crippen molar-refractivity contribution < 1.29 is 28.5 Å². The molecule has 0 fully saturated rings. The Bertz CT molecular complexity index is 1770. The number of nitrogens with two attached hydrogens (primary N) is 1. The van der Waals surface area contributed by atoms with E-state index in [-0.39, 0.29) is 35.1 Å². The summed E-state index contributed by atoms with van der Waals surface area (Å²) in [6.07, 6.45) is 3.39. The van der Waals surface area contributed by atoms with Crippen molar-refractivity contribution in [2.75, 3.05) is 33.7 Å². The molecule has 0 amide bonds. The van der Waals surface area contributed by atoms with E-state index >= 15 is 0 Å². The molecule has 1 aliphatic heterocycles. The van der Waals surface area contributed by atoms with Crippen molar-refractivity contribution in [3.8, 4) is 40.4 Å². The van der Waals surface area contributed by atoms with Crippen LogP contribution in [0.25, 0.3) is 17.1 Å². The summed E-state index contributed by atoms with van der Waals surface area (Å²) < 4.78 is 29.9. The van der Waals surface area contributed by atoms with Gasteiger partial charge in [-0.15, -0.1) is 10.2 Å². The number of esters is 1. The summed E-state index contributed by atoms with van der Waals surface area (Å²) in [7, 11) is 4.45. The van der Waals surface area contributed by atoms with E-state index in [0.717, 1.165) is 11.3 Å². The minimum atomic E-state index is -0.954. The molecule has 1 aliphatic rings. The van der Waals surface area contributed by atoms with Crippen LogP contribution in [0.3, 0.4) is 0 Å². The normalized spacial score (nSPS) is 14.4. The summed E-state index contributed by atoms with van der Waals surface area (Å²) in [6.45, 7) is 1.80. The number of pyridine rings is 1. The molecule has 13 heteroatoms. The molecule has 2 N–H and O–H groups in total. The van der Waals surface area contributed by atoms with Gasteiger partial charge in [-0.1, -0.05) is 30.0 Å². The number of aromatic nitrogens is 4. The van der Waals surface area contributed by atoms with Crippen LogP contribution < -0.4 is 19.9 Å². The first-order chi connectivity index (χ1) is 21.9. The van der Waals surface area contributed by atoms with Gasteiger partial charge in [0.05, 0.1) is 45.2 Å². The van der Waals surface area contributed by atoms with E-state index in [1.807, 2.05) is 47.0 Å². The number of carbonyl (C=O) groups is 1. The number of rotatable bonds is 11. The second kappa shape index (κ2) is 13.9. The molecule has 5 rings (SSSR count). The minimum Gasteiger partial charge on any atom is -0.493 e. The third kappa shape index (κ3) is 6.13. The fraction of sp³-hybridized carbons (Fsp3) is 0.219. The summed E-state index contributed by atoms with van der Waals surface area (Å²) in [5, 5.41) is 19.6. The lowest BCUT2D eigenvalue weighted by Crippen LogP contribution is -2.27. The predicted molar refractivity (Wildman–Crippen MR) is 166 cm³/mol. The number of nitrogens with zero attached hydrogens (tertiary/aromatic N) is 5. The molecule has 4 aromatic rings. The van der Waals surface area contributed by atoms with E-state index in [0.29, 0.717) is 33.8 Å². The van der Waals surface area contributed by atoms with Crippen molar-refractivity contribution in [1.82, 2.24) is 19.7 Å². The second-order valence-corrected chi connectivity index (χ2v) is 10.4. The summed E-state index contributed by atoms with van der Waals surface area (Å²) in [6, 6.07) is 18.8. The molecule has 0 unspecified atom stereocenters. The van der Waals surface area contributed by atoms with Gasteiger partial charge >= 0.3 is 5.97 Å². The maximum atomic E-state index is 13.6. The van der Waals surface area contributed by atoms with Gasteiger partial charge in [0.15, 0.2) is 22.5 Å². The molecule has 0 radical (unpaired) electrons. The second-order valence-electron chi connectivity index (χ2n) is 9.45. The molecule has 0 saturated carbocycles. The standard InChI is InChI=1S/C32H30N6O6S/c1-5-43-31(39)27-25(44-29(34)22(16-33)26(27)20-14-23(40-2)28(42-4)24(15-20)41-3)18-45-32-37-36-30(19-10-9-13-35-17-19)38(32)21-11-7-6-8-12-21/h6-15,17,26H,5,18,34H2,1-4H3/t26-/m0/s1. The number of hydrogen-bond donors (Lipinski definition) is 1. The Balaban J connectivity index is 1.63. The van der Waals surface area contributed by atoms with Crippen LogP contribution in [0.2, 0.25) is 0 Å². The maximum Gasteiger partial charge on any atom is 0.338 e. The Morgan fingerprint density at radius 1 is 1.07 bits per heavy atom. The van der Waals surface area contributed by atoms with Gasteiger partial charge in [0.1, 0.15) is 17.4 Å². The van der Waals surface area contributed by atoms with Gasteiger partial charge in [0.25, 0.3) is 0 Å². The molecular weight excluding hydrogens is 596 g/mol. The van der Waals surface area contributed by atoms with Crippen molar-refractivity contribution in [2.24, 2.45) is 5.73 Å². The van der Waals surface area contributed by atoms with E-state index in [1.54, 1.807) is 31.5 Å². The van der Waals surface area contributed by atoms with Crippen LogP contribution in [-0.2, 0) is 14.3 Å². The number of para-hydroxylation sites is 1. The SMILES string of the molecule is CCOC(=O)C1=C(CSc2nnc(-c3cccnc3)n2-c2ccccc2)OC(N)=C(C#N)[C@@H]1c1cc(OC)c(OC)c(OC)c1. The molecule has 0 saturated heterocycles. The van der Waals surface area contributed by atoms with Gasteiger partial charge in [0, 0.05) is 23.6 Å². The zero-order valence-electron chi connectivity index (χ0n) is 25.0. The number of carbonyl (C=O) groups excluding carboxylic acids is 1. The third-order valence-electron chi connectivity index (χ3n) is 6.91. The molecule has 1 atom stereocenters. The Hall–Kier alpha value is -5.48. The zero-order chi connectivity index (χ0) is 31.9. The number of thioether (sulfide) groups is 1. The monoisotopic (exact) mass is 626 g/mol. The molecule has 0 aliphatic carbocycles. The van der Waals surface area contributed by atoms with E-state index < -0.39 is 11.9 Å². The highest BCUT2D eigenvalue weighted by Crippen LogP contribution is 2.46. The van der Waals surface area contributed by atoms with Gasteiger partial charge in [-0.2, -0.15) is 5.26 Å². The van der Waals surface area contributed by atoms with Crippen molar-refractivity contribution in [3.05, 3.63) is 95.3 Å². The molecule has 12 nitrogen and oxygen atoms in total. The number of ether oxygens (including phenoxy) is 5. The highest BCUT2D eigenvalue weighted by atomic mass is 32.2. The van der Waals surface area contributed by atoms with E-state index in [9.17, 15) is 10.1 Å². The highest BCUT2D eigenvalue weighted by Gasteiger charge is 2.39. The maximum absolute atomic E-state index is 13.6. The molecule has 2 aromatic carbocycles. The van der Waals surface area contributed by atoms with Crippen LogP contribution in [0.1, 0.15) is 18.4 Å². The van der Waals surface area contributed by atoms with Crippen molar-refractivity contribution >= 4 is 17.7 Å². The number of allylic oxidation sites excluding steroid dienone is 1. The lowest BCUT2D eigenvalue weighted by molar-refractivity contribution is -0.139. The van der Waals surface area contributed by atoms with Crippen molar-refractivity contribution in [3.63, 3.8) is 0 Å². The topological polar surface area (TPSA) is 157 Å². The largest absolute Gasteiger partial charge is 0.493 e. The quantitative estimate of drug-likeness (QED) is 0.180. The Morgan fingerprint density at radius 3 is 2.40 bits per heavy atom. The van der Waals surface area contributed by atoms with E-state index in [2.05, 4.69) is 21.3 Å². The average Bonchev–Trinajstić information content (AvgIpc) is 3.51. The van der Waals surface area contributed by atoms with E-state index in [4.69, 9.17) is 29.4 Å². The van der Waals surface area contributed by atoms with Crippen LogP contribution >= 0.6 is 11.8 Å². The van der Waals surface area contributed by atoms with Crippen LogP contribution in [0.4, 0.5) is 0 Å². The van der Waals surface area contributed by atoms with Crippen LogP contribution in [0.15, 0.2) is 94.9 Å². The zero-order valence-corrected chi connectivity index (χ0v) is 25.8. The first-order valence-electron chi connectivity index (χ1n) is 13.8. The summed E-state index contributed by atoms with van der Waals surface area (Å²) in [5.74, 6) is 0.180. The lowest BCUT2D eigenvalue weighted by Gasteiger charge is -2.28. The first-order valence-corrected chi connectivity index (χ1v) is 14.8. The minimum absolute atomic E-state index is 0.0346. The van der Waals surface area contributed by atoms with E-state index in [1.165, 1.54) is 33.1 Å². The average molecular weight is 627 g/mol. The predicted octanol–water partition coefficient (Wildman–Crippen LogP) is 4.77. The molecule has 3 heterocycles. The molecular formula is C32H30N6O6S. The van der Waals surface area contributed by atoms with Gasteiger partial charge in [-0.25, -0.2) is 4.79 Å².